The summed E-state index contributed by atoms with van der Waals surface area (Å²) in [7, 11) is 2.03. The Balaban J connectivity index is 1.50. The molecule has 0 atom stereocenters. The summed E-state index contributed by atoms with van der Waals surface area (Å²) in [6, 6.07) is 14.9. The number of aromatic nitrogens is 2. The Bertz CT molecular complexity index is 836. The maximum atomic E-state index is 4.63. The molecule has 2 heterocycles. The van der Waals surface area contributed by atoms with E-state index in [0.29, 0.717) is 0 Å². The third-order valence-electron chi connectivity index (χ3n) is 5.11. The highest BCUT2D eigenvalue weighted by Gasteiger charge is 2.20. The number of benzene rings is 2. The zero-order chi connectivity index (χ0) is 17.1. The summed E-state index contributed by atoms with van der Waals surface area (Å²) in [5.74, 6) is 1.63. The van der Waals surface area contributed by atoms with Crippen LogP contribution in [0.5, 0.6) is 0 Å². The molecule has 1 aliphatic rings. The monoisotopic (exact) mass is 332 g/mol. The Morgan fingerprint density at radius 2 is 1.68 bits per heavy atom. The van der Waals surface area contributed by atoms with Gasteiger partial charge in [0.25, 0.3) is 0 Å². The summed E-state index contributed by atoms with van der Waals surface area (Å²) in [5.41, 5.74) is 2.23. The van der Waals surface area contributed by atoms with Crippen molar-refractivity contribution < 1.29 is 0 Å². The van der Waals surface area contributed by atoms with E-state index in [1.165, 1.54) is 23.6 Å². The molecular weight excluding hydrogens is 308 g/mol. The van der Waals surface area contributed by atoms with Crippen LogP contribution >= 0.6 is 0 Å². The highest BCUT2D eigenvalue weighted by molar-refractivity contribution is 5.87. The van der Waals surface area contributed by atoms with Gasteiger partial charge in [0.1, 0.15) is 0 Å². The molecule has 128 valence electrons. The lowest BCUT2D eigenvalue weighted by molar-refractivity contribution is 0.391. The van der Waals surface area contributed by atoms with Gasteiger partial charge in [0, 0.05) is 31.0 Å². The number of nitrogens with one attached hydrogen (secondary N) is 1. The van der Waals surface area contributed by atoms with Crippen LogP contribution in [0.1, 0.15) is 12.8 Å². The molecule has 4 nitrogen and oxygen atoms in total. The number of hydrogen-bond acceptors (Lipinski definition) is 4. The summed E-state index contributed by atoms with van der Waals surface area (Å²) in [5, 5.41) is 5.78. The van der Waals surface area contributed by atoms with E-state index in [1.807, 2.05) is 19.4 Å². The fourth-order valence-corrected chi connectivity index (χ4v) is 3.63. The van der Waals surface area contributed by atoms with Crippen LogP contribution < -0.4 is 10.2 Å². The second-order valence-electron chi connectivity index (χ2n) is 6.82. The van der Waals surface area contributed by atoms with Gasteiger partial charge in [-0.2, -0.15) is 0 Å². The molecule has 0 spiro atoms. The van der Waals surface area contributed by atoms with E-state index >= 15 is 0 Å². The minimum atomic E-state index is 0.776. The molecule has 0 bridgehead atoms. The van der Waals surface area contributed by atoms with Crippen LogP contribution in [0.4, 0.5) is 5.95 Å². The lowest BCUT2D eigenvalue weighted by Gasteiger charge is -2.31. The van der Waals surface area contributed by atoms with E-state index < -0.39 is 0 Å². The maximum Gasteiger partial charge on any atom is 0.225 e. The van der Waals surface area contributed by atoms with Crippen LogP contribution in [-0.2, 0) is 0 Å². The van der Waals surface area contributed by atoms with Crippen molar-refractivity contribution >= 4 is 16.7 Å². The summed E-state index contributed by atoms with van der Waals surface area (Å²) < 4.78 is 0. The minimum absolute atomic E-state index is 0.776. The SMILES string of the molecule is CNCC1CCN(c2ncc(-c3ccc4ccccc4c3)cn2)CC1. The molecular formula is C21H24N4. The van der Waals surface area contributed by atoms with Gasteiger partial charge in [0.05, 0.1) is 0 Å². The molecule has 0 amide bonds. The predicted molar refractivity (Wildman–Crippen MR) is 104 cm³/mol. The second-order valence-corrected chi connectivity index (χ2v) is 6.82. The average molecular weight is 332 g/mol. The molecule has 2 aromatic carbocycles. The number of nitrogens with zero attached hydrogens (tertiary/aromatic N) is 3. The van der Waals surface area contributed by atoms with Crippen molar-refractivity contribution in [1.29, 1.82) is 0 Å². The van der Waals surface area contributed by atoms with E-state index in [1.54, 1.807) is 0 Å². The van der Waals surface area contributed by atoms with Gasteiger partial charge in [-0.05, 0) is 54.8 Å². The van der Waals surface area contributed by atoms with Gasteiger partial charge in [-0.25, -0.2) is 9.97 Å². The first kappa shape index (κ1) is 16.0. The Morgan fingerprint density at radius 3 is 2.40 bits per heavy atom. The van der Waals surface area contributed by atoms with Crippen molar-refractivity contribution in [2.75, 3.05) is 31.6 Å². The fraction of sp³-hybridized carbons (Fsp3) is 0.333. The quantitative estimate of drug-likeness (QED) is 0.790. The first-order valence-corrected chi connectivity index (χ1v) is 9.04. The number of rotatable bonds is 4. The molecule has 1 aromatic heterocycles. The fourth-order valence-electron chi connectivity index (χ4n) is 3.63. The van der Waals surface area contributed by atoms with Crippen molar-refractivity contribution in [2.45, 2.75) is 12.8 Å². The summed E-state index contributed by atoms with van der Waals surface area (Å²) >= 11 is 0. The zero-order valence-corrected chi connectivity index (χ0v) is 14.7. The summed E-state index contributed by atoms with van der Waals surface area (Å²) in [6.45, 7) is 3.19. The van der Waals surface area contributed by atoms with Gasteiger partial charge in [0.2, 0.25) is 5.95 Å². The van der Waals surface area contributed by atoms with Crippen molar-refractivity contribution in [2.24, 2.45) is 5.92 Å². The topological polar surface area (TPSA) is 41.0 Å². The van der Waals surface area contributed by atoms with E-state index in [-0.39, 0.29) is 0 Å². The van der Waals surface area contributed by atoms with E-state index in [9.17, 15) is 0 Å². The van der Waals surface area contributed by atoms with Crippen LogP contribution in [0.3, 0.4) is 0 Å². The molecule has 4 rings (SSSR count). The number of anilines is 1. The Morgan fingerprint density at radius 1 is 0.960 bits per heavy atom. The lowest BCUT2D eigenvalue weighted by atomic mass is 9.97. The van der Waals surface area contributed by atoms with Crippen molar-refractivity contribution in [3.05, 3.63) is 54.9 Å². The van der Waals surface area contributed by atoms with Gasteiger partial charge in [-0.1, -0.05) is 36.4 Å². The first-order valence-electron chi connectivity index (χ1n) is 9.04. The highest BCUT2D eigenvalue weighted by Crippen LogP contribution is 2.25. The van der Waals surface area contributed by atoms with E-state index in [0.717, 1.165) is 42.6 Å². The number of piperidine rings is 1. The molecule has 3 aromatic rings. The van der Waals surface area contributed by atoms with Gasteiger partial charge in [-0.3, -0.25) is 0 Å². The van der Waals surface area contributed by atoms with Crippen molar-refractivity contribution in [3.8, 4) is 11.1 Å². The van der Waals surface area contributed by atoms with E-state index in [4.69, 9.17) is 0 Å². The molecule has 1 fully saturated rings. The Kier molecular flexibility index (Phi) is 4.61. The number of hydrogen-bond donors (Lipinski definition) is 1. The molecule has 1 saturated heterocycles. The molecule has 0 unspecified atom stereocenters. The normalized spacial score (nSPS) is 15.6. The molecule has 0 radical (unpaired) electrons. The van der Waals surface area contributed by atoms with Crippen LogP contribution in [0.15, 0.2) is 54.9 Å². The molecule has 4 heteroatoms. The van der Waals surface area contributed by atoms with Gasteiger partial charge in [0.15, 0.2) is 0 Å². The standard InChI is InChI=1S/C21H24N4/c1-22-13-16-8-10-25(11-9-16)21-23-14-20(15-24-21)19-7-6-17-4-2-3-5-18(17)12-19/h2-7,12,14-16,22H,8-11,13H2,1H3. The number of fused-ring (bicyclic) bond motifs is 1. The van der Waals surface area contributed by atoms with Gasteiger partial charge in [-0.15, -0.1) is 0 Å². The largest absolute Gasteiger partial charge is 0.341 e. The van der Waals surface area contributed by atoms with Gasteiger partial charge >= 0.3 is 0 Å². The molecule has 0 aliphatic carbocycles. The van der Waals surface area contributed by atoms with Crippen LogP contribution in [0.25, 0.3) is 21.9 Å². The van der Waals surface area contributed by atoms with Gasteiger partial charge < -0.3 is 10.2 Å². The average Bonchev–Trinajstić information content (AvgIpc) is 2.69. The van der Waals surface area contributed by atoms with Crippen molar-refractivity contribution in [3.63, 3.8) is 0 Å². The molecule has 1 aliphatic heterocycles. The van der Waals surface area contributed by atoms with Crippen LogP contribution in [-0.4, -0.2) is 36.6 Å². The third-order valence-corrected chi connectivity index (χ3v) is 5.11. The van der Waals surface area contributed by atoms with Crippen LogP contribution in [0, 0.1) is 5.92 Å². The highest BCUT2D eigenvalue weighted by atomic mass is 15.2. The Labute approximate surface area is 148 Å². The Hall–Kier alpha value is -2.46. The van der Waals surface area contributed by atoms with E-state index in [2.05, 4.69) is 62.6 Å². The molecule has 0 saturated carbocycles. The minimum Gasteiger partial charge on any atom is -0.341 e. The molecule has 25 heavy (non-hydrogen) atoms. The summed E-state index contributed by atoms with van der Waals surface area (Å²) in [4.78, 5) is 11.6. The maximum absolute atomic E-state index is 4.63. The molecule has 1 N–H and O–H groups in total. The predicted octanol–water partition coefficient (Wildman–Crippen LogP) is 3.73. The third kappa shape index (κ3) is 3.49. The zero-order valence-electron chi connectivity index (χ0n) is 14.7. The lowest BCUT2D eigenvalue weighted by Crippen LogP contribution is -2.37. The van der Waals surface area contributed by atoms with Crippen molar-refractivity contribution in [1.82, 2.24) is 15.3 Å². The smallest absolute Gasteiger partial charge is 0.225 e. The van der Waals surface area contributed by atoms with Crippen LogP contribution in [0.2, 0.25) is 0 Å². The first-order chi connectivity index (χ1) is 12.3. The second kappa shape index (κ2) is 7.19. The summed E-state index contributed by atoms with van der Waals surface area (Å²) in [6.07, 6.45) is 6.31.